The maximum Gasteiger partial charge on any atom is 0.338 e. The van der Waals surface area contributed by atoms with E-state index in [-0.39, 0.29) is 27.6 Å². The summed E-state index contributed by atoms with van der Waals surface area (Å²) in [6, 6.07) is 17.7. The van der Waals surface area contributed by atoms with Crippen LogP contribution in [0.4, 0.5) is 10.1 Å². The highest BCUT2D eigenvalue weighted by molar-refractivity contribution is 7.92. The van der Waals surface area contributed by atoms with Crippen molar-refractivity contribution in [3.8, 4) is 0 Å². The first-order valence-corrected chi connectivity index (χ1v) is 11.6. The number of carbonyl (C=O) groups excluding carboxylic acids is 2. The third-order valence-corrected chi connectivity index (χ3v) is 6.39. The minimum Gasteiger partial charge on any atom is -0.452 e. The minimum absolute atomic E-state index is 0.0412. The Labute approximate surface area is 195 Å². The topological polar surface area (TPSA) is 92.8 Å². The number of hydrogen-bond acceptors (Lipinski definition) is 5. The summed E-state index contributed by atoms with van der Waals surface area (Å²) >= 11 is 5.97. The molecule has 0 bridgehead atoms. The molecule has 0 atom stereocenters. The molecule has 3 aromatic rings. The summed E-state index contributed by atoms with van der Waals surface area (Å²) in [7, 11) is -2.41. The molecule has 0 heterocycles. The zero-order chi connectivity index (χ0) is 24.0. The first kappa shape index (κ1) is 24.2. The fourth-order valence-corrected chi connectivity index (χ4v) is 4.10. The van der Waals surface area contributed by atoms with E-state index in [0.29, 0.717) is 5.69 Å². The highest BCUT2D eigenvalue weighted by Gasteiger charge is 2.18. The lowest BCUT2D eigenvalue weighted by atomic mass is 10.2. The average molecular weight is 491 g/mol. The molecule has 0 radical (unpaired) electrons. The molecule has 172 valence electrons. The van der Waals surface area contributed by atoms with Crippen LogP contribution in [0.3, 0.4) is 0 Å². The smallest absolute Gasteiger partial charge is 0.338 e. The number of amides is 1. The van der Waals surface area contributed by atoms with E-state index in [1.165, 1.54) is 54.4 Å². The van der Waals surface area contributed by atoms with E-state index in [2.05, 4.69) is 4.72 Å². The first-order chi connectivity index (χ1) is 15.7. The van der Waals surface area contributed by atoms with Gasteiger partial charge in [0, 0.05) is 29.9 Å². The Bertz CT molecular complexity index is 1230. The summed E-state index contributed by atoms with van der Waals surface area (Å²) in [6.45, 7) is -0.667. The molecule has 0 unspecified atom stereocenters. The van der Waals surface area contributed by atoms with Gasteiger partial charge < -0.3 is 9.64 Å². The Balaban J connectivity index is 1.57. The monoisotopic (exact) mass is 490 g/mol. The molecule has 3 rings (SSSR count). The molecule has 0 fully saturated rings. The minimum atomic E-state index is -3.83. The van der Waals surface area contributed by atoms with Crippen molar-refractivity contribution < 1.29 is 27.1 Å². The Hall–Kier alpha value is -3.43. The number of esters is 1. The Kier molecular flexibility index (Phi) is 7.67. The number of nitrogens with zero attached hydrogens (tertiary/aromatic N) is 1. The molecule has 0 aliphatic heterocycles. The van der Waals surface area contributed by atoms with Gasteiger partial charge in [0.25, 0.3) is 15.9 Å². The highest BCUT2D eigenvalue weighted by Crippen LogP contribution is 2.20. The van der Waals surface area contributed by atoms with Gasteiger partial charge in [-0.05, 0) is 48.5 Å². The lowest BCUT2D eigenvalue weighted by Gasteiger charge is -2.18. The number of hydrogen-bond donors (Lipinski definition) is 1. The number of rotatable bonds is 8. The van der Waals surface area contributed by atoms with Crippen molar-refractivity contribution in [1.29, 1.82) is 0 Å². The van der Waals surface area contributed by atoms with Crippen LogP contribution in [0.2, 0.25) is 5.02 Å². The van der Waals surface area contributed by atoms with Crippen molar-refractivity contribution in [3.05, 3.63) is 94.8 Å². The molecule has 1 N–H and O–H groups in total. The standard InChI is InChI=1S/C23H20ClFN2O5S/c1-27(14-19-20(24)8-5-9-21(19)25)22(28)15-32-23(29)16-10-12-18(13-11-16)33(30,31)26-17-6-3-2-4-7-17/h2-13,26H,14-15H2,1H3. The number of para-hydroxylation sites is 1. The molecule has 0 aliphatic rings. The second kappa shape index (κ2) is 10.5. The molecule has 10 heteroatoms. The predicted octanol–water partition coefficient (Wildman–Crippen LogP) is 4.10. The van der Waals surface area contributed by atoms with Crippen LogP contribution < -0.4 is 4.72 Å². The van der Waals surface area contributed by atoms with Gasteiger partial charge in [-0.3, -0.25) is 9.52 Å². The summed E-state index contributed by atoms with van der Waals surface area (Å²) in [4.78, 5) is 25.7. The maximum atomic E-state index is 13.9. The lowest BCUT2D eigenvalue weighted by molar-refractivity contribution is -0.133. The van der Waals surface area contributed by atoms with Crippen LogP contribution in [0.15, 0.2) is 77.7 Å². The van der Waals surface area contributed by atoms with Crippen LogP contribution >= 0.6 is 11.6 Å². The van der Waals surface area contributed by atoms with Gasteiger partial charge in [-0.2, -0.15) is 0 Å². The van der Waals surface area contributed by atoms with E-state index in [0.717, 1.165) is 0 Å². The maximum absolute atomic E-state index is 13.9. The summed E-state index contributed by atoms with van der Waals surface area (Å²) in [5, 5.41) is 0.184. The van der Waals surface area contributed by atoms with E-state index < -0.39 is 34.3 Å². The van der Waals surface area contributed by atoms with Crippen LogP contribution in [0.5, 0.6) is 0 Å². The molecule has 0 saturated carbocycles. The lowest BCUT2D eigenvalue weighted by Crippen LogP contribution is -2.31. The van der Waals surface area contributed by atoms with Gasteiger partial charge in [-0.1, -0.05) is 35.9 Å². The summed E-state index contributed by atoms with van der Waals surface area (Å²) in [5.41, 5.74) is 0.629. The molecule has 3 aromatic carbocycles. The fraction of sp³-hybridized carbons (Fsp3) is 0.130. The zero-order valence-corrected chi connectivity index (χ0v) is 19.1. The van der Waals surface area contributed by atoms with E-state index in [9.17, 15) is 22.4 Å². The van der Waals surface area contributed by atoms with E-state index in [1.54, 1.807) is 30.3 Å². The van der Waals surface area contributed by atoms with Gasteiger partial charge in [0.15, 0.2) is 6.61 Å². The van der Waals surface area contributed by atoms with Gasteiger partial charge >= 0.3 is 5.97 Å². The van der Waals surface area contributed by atoms with E-state index in [1.807, 2.05) is 0 Å². The molecular formula is C23H20ClFN2O5S. The second-order valence-electron chi connectivity index (χ2n) is 7.02. The van der Waals surface area contributed by atoms with Gasteiger partial charge in [0.1, 0.15) is 5.82 Å². The second-order valence-corrected chi connectivity index (χ2v) is 9.11. The normalized spacial score (nSPS) is 11.0. The van der Waals surface area contributed by atoms with E-state index >= 15 is 0 Å². The molecule has 0 aliphatic carbocycles. The van der Waals surface area contributed by atoms with Gasteiger partial charge in [0.05, 0.1) is 10.5 Å². The van der Waals surface area contributed by atoms with Crippen LogP contribution in [-0.2, 0) is 26.1 Å². The van der Waals surface area contributed by atoms with Crippen molar-refractivity contribution >= 4 is 39.2 Å². The molecule has 0 saturated heterocycles. The van der Waals surface area contributed by atoms with Crippen LogP contribution in [0.1, 0.15) is 15.9 Å². The number of carbonyl (C=O) groups is 2. The van der Waals surface area contributed by atoms with Crippen LogP contribution in [0, 0.1) is 5.82 Å². The van der Waals surface area contributed by atoms with Crippen molar-refractivity contribution in [1.82, 2.24) is 4.90 Å². The van der Waals surface area contributed by atoms with Crippen LogP contribution in [-0.4, -0.2) is 38.8 Å². The first-order valence-electron chi connectivity index (χ1n) is 9.69. The molecule has 33 heavy (non-hydrogen) atoms. The van der Waals surface area contributed by atoms with Gasteiger partial charge in [-0.25, -0.2) is 17.6 Å². The van der Waals surface area contributed by atoms with Crippen molar-refractivity contribution in [2.24, 2.45) is 0 Å². The highest BCUT2D eigenvalue weighted by atomic mass is 35.5. The molecule has 1 amide bonds. The number of ether oxygens (including phenoxy) is 1. The quantitative estimate of drug-likeness (QED) is 0.480. The third kappa shape index (κ3) is 6.30. The fourth-order valence-electron chi connectivity index (χ4n) is 2.82. The largest absolute Gasteiger partial charge is 0.452 e. The number of halogens is 2. The number of benzene rings is 3. The average Bonchev–Trinajstić information content (AvgIpc) is 2.80. The summed E-state index contributed by atoms with van der Waals surface area (Å²) in [6.07, 6.45) is 0. The molecule has 7 nitrogen and oxygen atoms in total. The third-order valence-electron chi connectivity index (χ3n) is 4.64. The number of anilines is 1. The predicted molar refractivity (Wildman–Crippen MR) is 122 cm³/mol. The number of likely N-dealkylation sites (N-methyl/N-ethyl adjacent to an activating group) is 1. The van der Waals surface area contributed by atoms with E-state index in [4.69, 9.17) is 16.3 Å². The van der Waals surface area contributed by atoms with Crippen molar-refractivity contribution in [3.63, 3.8) is 0 Å². The number of nitrogens with one attached hydrogen (secondary N) is 1. The summed E-state index contributed by atoms with van der Waals surface area (Å²) in [5.74, 6) is -1.91. The zero-order valence-electron chi connectivity index (χ0n) is 17.5. The number of sulfonamides is 1. The van der Waals surface area contributed by atoms with Crippen molar-refractivity contribution in [2.45, 2.75) is 11.4 Å². The molecule has 0 spiro atoms. The Morgan fingerprint density at radius 2 is 1.67 bits per heavy atom. The van der Waals surface area contributed by atoms with Gasteiger partial charge in [0.2, 0.25) is 0 Å². The Morgan fingerprint density at radius 1 is 1.00 bits per heavy atom. The molecular weight excluding hydrogens is 471 g/mol. The van der Waals surface area contributed by atoms with Gasteiger partial charge in [-0.15, -0.1) is 0 Å². The SMILES string of the molecule is CN(Cc1c(F)cccc1Cl)C(=O)COC(=O)c1ccc(S(=O)(=O)Nc2ccccc2)cc1. The Morgan fingerprint density at radius 3 is 2.30 bits per heavy atom. The summed E-state index contributed by atoms with van der Waals surface area (Å²) < 4.78 is 46.2. The van der Waals surface area contributed by atoms with Crippen molar-refractivity contribution in [2.75, 3.05) is 18.4 Å². The van der Waals surface area contributed by atoms with Crippen LogP contribution in [0.25, 0.3) is 0 Å². The molecule has 0 aromatic heterocycles.